The van der Waals surface area contributed by atoms with E-state index in [1.807, 2.05) is 0 Å². The minimum absolute atomic E-state index is 0.208. The number of halogens is 3. The Morgan fingerprint density at radius 2 is 2.12 bits per heavy atom. The minimum Gasteiger partial charge on any atom is -0.364 e. The molecule has 0 aliphatic rings. The lowest BCUT2D eigenvalue weighted by Gasteiger charge is -2.10. The Hall–Kier alpha value is -1.21. The molecule has 1 aromatic rings. The van der Waals surface area contributed by atoms with Crippen LogP contribution in [0.3, 0.4) is 0 Å². The van der Waals surface area contributed by atoms with E-state index in [2.05, 4.69) is 14.7 Å². The van der Waals surface area contributed by atoms with Crippen molar-refractivity contribution in [1.82, 2.24) is 9.97 Å². The number of hydrogen-bond donors (Lipinski definition) is 1. The molecule has 1 heterocycles. The van der Waals surface area contributed by atoms with Crippen molar-refractivity contribution in [1.29, 1.82) is 0 Å². The summed E-state index contributed by atoms with van der Waals surface area (Å²) in [5, 5.41) is 0. The Morgan fingerprint density at radius 1 is 1.47 bits per heavy atom. The van der Waals surface area contributed by atoms with E-state index in [0.29, 0.717) is 5.69 Å². The standard InChI is InChI=1S/C10H14F3N3O/c1-6(14)8-3-15-9(16-7(8)2)4-17-5-10(11,12)13/h3,6H,4-5,14H2,1-2H3. The summed E-state index contributed by atoms with van der Waals surface area (Å²) < 4.78 is 39.9. The van der Waals surface area contributed by atoms with E-state index in [1.165, 1.54) is 6.20 Å². The number of aromatic nitrogens is 2. The Morgan fingerprint density at radius 3 is 2.59 bits per heavy atom. The molecular formula is C10H14F3N3O. The molecular weight excluding hydrogens is 235 g/mol. The first-order valence-corrected chi connectivity index (χ1v) is 5.02. The van der Waals surface area contributed by atoms with E-state index in [4.69, 9.17) is 5.73 Å². The van der Waals surface area contributed by atoms with Gasteiger partial charge >= 0.3 is 6.18 Å². The Bertz CT molecular complexity index is 380. The molecule has 4 nitrogen and oxygen atoms in total. The zero-order valence-corrected chi connectivity index (χ0v) is 9.58. The largest absolute Gasteiger partial charge is 0.411 e. The van der Waals surface area contributed by atoms with Crippen LogP contribution in [0.15, 0.2) is 6.20 Å². The predicted octanol–water partition coefficient (Wildman–Crippen LogP) is 1.88. The van der Waals surface area contributed by atoms with E-state index < -0.39 is 12.8 Å². The molecule has 96 valence electrons. The molecule has 0 bridgehead atoms. The van der Waals surface area contributed by atoms with Crippen molar-refractivity contribution in [2.45, 2.75) is 32.7 Å². The van der Waals surface area contributed by atoms with Crippen molar-refractivity contribution >= 4 is 0 Å². The number of rotatable bonds is 4. The number of nitrogens with two attached hydrogens (primary N) is 1. The maximum atomic E-state index is 11.8. The lowest BCUT2D eigenvalue weighted by atomic mass is 10.1. The van der Waals surface area contributed by atoms with Crippen LogP contribution in [-0.2, 0) is 11.3 Å². The predicted molar refractivity (Wildman–Crippen MR) is 55.1 cm³/mol. The van der Waals surface area contributed by atoms with Gasteiger partial charge in [-0.25, -0.2) is 9.97 Å². The van der Waals surface area contributed by atoms with Crippen LogP contribution in [-0.4, -0.2) is 22.8 Å². The van der Waals surface area contributed by atoms with Gasteiger partial charge < -0.3 is 10.5 Å². The summed E-state index contributed by atoms with van der Waals surface area (Å²) in [6, 6.07) is -0.208. The maximum absolute atomic E-state index is 11.8. The topological polar surface area (TPSA) is 61.0 Å². The normalized spacial score (nSPS) is 13.8. The Labute approximate surface area is 97.0 Å². The summed E-state index contributed by atoms with van der Waals surface area (Å²) in [6.07, 6.45) is -2.82. The monoisotopic (exact) mass is 249 g/mol. The number of ether oxygens (including phenoxy) is 1. The first-order valence-electron chi connectivity index (χ1n) is 5.02. The lowest BCUT2D eigenvalue weighted by Crippen LogP contribution is -2.17. The molecule has 0 aromatic carbocycles. The first-order chi connectivity index (χ1) is 7.79. The summed E-state index contributed by atoms with van der Waals surface area (Å²) in [5.74, 6) is 0.219. The molecule has 0 amide bonds. The van der Waals surface area contributed by atoms with E-state index >= 15 is 0 Å². The fourth-order valence-electron chi connectivity index (χ4n) is 1.30. The molecule has 0 saturated heterocycles. The molecule has 1 unspecified atom stereocenters. The molecule has 0 radical (unpaired) electrons. The van der Waals surface area contributed by atoms with Gasteiger partial charge in [0.1, 0.15) is 13.2 Å². The summed E-state index contributed by atoms with van der Waals surface area (Å²) in [6.45, 7) is 1.95. The zero-order chi connectivity index (χ0) is 13.1. The van der Waals surface area contributed by atoms with E-state index in [9.17, 15) is 13.2 Å². The second-order valence-corrected chi connectivity index (χ2v) is 3.72. The average Bonchev–Trinajstić information content (AvgIpc) is 2.15. The average molecular weight is 249 g/mol. The number of hydrogen-bond acceptors (Lipinski definition) is 4. The zero-order valence-electron chi connectivity index (χ0n) is 9.58. The van der Waals surface area contributed by atoms with Crippen LogP contribution in [0.2, 0.25) is 0 Å². The van der Waals surface area contributed by atoms with Crippen LogP contribution in [0.5, 0.6) is 0 Å². The van der Waals surface area contributed by atoms with Crippen molar-refractivity contribution in [3.63, 3.8) is 0 Å². The van der Waals surface area contributed by atoms with Crippen LogP contribution < -0.4 is 5.73 Å². The lowest BCUT2D eigenvalue weighted by molar-refractivity contribution is -0.177. The van der Waals surface area contributed by atoms with E-state index in [-0.39, 0.29) is 18.5 Å². The summed E-state index contributed by atoms with van der Waals surface area (Å²) in [4.78, 5) is 7.93. The number of alkyl halides is 3. The molecule has 0 saturated carbocycles. The van der Waals surface area contributed by atoms with Gasteiger partial charge in [0, 0.05) is 23.5 Å². The highest BCUT2D eigenvalue weighted by atomic mass is 19.4. The van der Waals surface area contributed by atoms with Gasteiger partial charge in [-0.1, -0.05) is 0 Å². The molecule has 2 N–H and O–H groups in total. The Kier molecular flexibility index (Phi) is 4.41. The third-order valence-electron chi connectivity index (χ3n) is 2.05. The van der Waals surface area contributed by atoms with Gasteiger partial charge in [-0.2, -0.15) is 13.2 Å². The molecule has 1 aromatic heterocycles. The van der Waals surface area contributed by atoms with Crippen molar-refractivity contribution in [2.75, 3.05) is 6.61 Å². The minimum atomic E-state index is -4.33. The second-order valence-electron chi connectivity index (χ2n) is 3.72. The quantitative estimate of drug-likeness (QED) is 0.885. The molecule has 1 atom stereocenters. The van der Waals surface area contributed by atoms with Gasteiger partial charge in [-0.15, -0.1) is 0 Å². The molecule has 17 heavy (non-hydrogen) atoms. The van der Waals surface area contributed by atoms with Crippen molar-refractivity contribution in [3.05, 3.63) is 23.3 Å². The van der Waals surface area contributed by atoms with E-state index in [1.54, 1.807) is 13.8 Å². The smallest absolute Gasteiger partial charge is 0.364 e. The van der Waals surface area contributed by atoms with Gasteiger partial charge in [-0.3, -0.25) is 0 Å². The van der Waals surface area contributed by atoms with Gasteiger partial charge in [0.15, 0.2) is 5.82 Å². The fourth-order valence-corrected chi connectivity index (χ4v) is 1.30. The van der Waals surface area contributed by atoms with Crippen molar-refractivity contribution in [2.24, 2.45) is 5.73 Å². The fraction of sp³-hybridized carbons (Fsp3) is 0.600. The van der Waals surface area contributed by atoms with Gasteiger partial charge in [0.2, 0.25) is 0 Å². The van der Waals surface area contributed by atoms with Crippen LogP contribution >= 0.6 is 0 Å². The van der Waals surface area contributed by atoms with E-state index in [0.717, 1.165) is 5.56 Å². The van der Waals surface area contributed by atoms with Crippen LogP contribution in [0, 0.1) is 6.92 Å². The molecule has 0 aliphatic carbocycles. The van der Waals surface area contributed by atoms with Gasteiger partial charge in [-0.05, 0) is 13.8 Å². The SMILES string of the molecule is Cc1nc(COCC(F)(F)F)ncc1C(C)N. The first kappa shape index (κ1) is 13.9. The number of aryl methyl sites for hydroxylation is 1. The van der Waals surface area contributed by atoms with Gasteiger partial charge in [0.05, 0.1) is 0 Å². The molecule has 0 fully saturated rings. The Balaban J connectivity index is 2.59. The third-order valence-corrected chi connectivity index (χ3v) is 2.05. The molecule has 1 rings (SSSR count). The second kappa shape index (κ2) is 5.42. The highest BCUT2D eigenvalue weighted by molar-refractivity contribution is 5.19. The van der Waals surface area contributed by atoms with Crippen LogP contribution in [0.4, 0.5) is 13.2 Å². The van der Waals surface area contributed by atoms with Crippen LogP contribution in [0.1, 0.15) is 30.0 Å². The highest BCUT2D eigenvalue weighted by Crippen LogP contribution is 2.16. The summed E-state index contributed by atoms with van der Waals surface area (Å²) in [7, 11) is 0. The number of nitrogens with zero attached hydrogens (tertiary/aromatic N) is 2. The van der Waals surface area contributed by atoms with Crippen molar-refractivity contribution in [3.8, 4) is 0 Å². The summed E-state index contributed by atoms with van der Waals surface area (Å²) >= 11 is 0. The van der Waals surface area contributed by atoms with Gasteiger partial charge in [0.25, 0.3) is 0 Å². The molecule has 0 spiro atoms. The maximum Gasteiger partial charge on any atom is 0.411 e. The van der Waals surface area contributed by atoms with Crippen LogP contribution in [0.25, 0.3) is 0 Å². The third kappa shape index (κ3) is 4.66. The van der Waals surface area contributed by atoms with Crippen molar-refractivity contribution < 1.29 is 17.9 Å². The summed E-state index contributed by atoms with van der Waals surface area (Å²) in [5.41, 5.74) is 7.08. The molecule has 7 heteroatoms. The highest BCUT2D eigenvalue weighted by Gasteiger charge is 2.27. The molecule has 0 aliphatic heterocycles.